The van der Waals surface area contributed by atoms with Crippen LogP contribution in [0, 0.1) is 23.2 Å². The van der Waals surface area contributed by atoms with Crippen molar-refractivity contribution < 1.29 is 23.8 Å². The molecule has 0 aromatic rings. The van der Waals surface area contributed by atoms with Crippen molar-refractivity contribution in [3.05, 3.63) is 11.8 Å². The van der Waals surface area contributed by atoms with E-state index >= 15 is 0 Å². The van der Waals surface area contributed by atoms with Crippen molar-refractivity contribution >= 4 is 11.9 Å². The molecule has 0 amide bonds. The fraction of sp³-hybridized carbons (Fsp3) is 0.778. The van der Waals surface area contributed by atoms with E-state index in [4.69, 9.17) is 14.2 Å². The molecule has 1 spiro atoms. The summed E-state index contributed by atoms with van der Waals surface area (Å²) in [7, 11) is 2.78. The molecule has 4 rings (SSSR count). The van der Waals surface area contributed by atoms with Gasteiger partial charge in [-0.15, -0.1) is 0 Å². The van der Waals surface area contributed by atoms with Gasteiger partial charge in [-0.3, -0.25) is 9.59 Å². The molecule has 3 fully saturated rings. The number of ether oxygens (including phenoxy) is 3. The Labute approximate surface area is 136 Å². The van der Waals surface area contributed by atoms with Gasteiger partial charge < -0.3 is 14.2 Å². The van der Waals surface area contributed by atoms with Crippen LogP contribution in [0.4, 0.5) is 0 Å². The number of fused-ring (bicyclic) bond motifs is 2. The summed E-state index contributed by atoms with van der Waals surface area (Å²) in [4.78, 5) is 24.9. The largest absolute Gasteiger partial charge is 0.490 e. The summed E-state index contributed by atoms with van der Waals surface area (Å²) in [5.74, 6) is -0.0346. The number of allylic oxidation sites excluding steroid dienone is 2. The summed E-state index contributed by atoms with van der Waals surface area (Å²) in [5, 5.41) is 0. The van der Waals surface area contributed by atoms with E-state index in [1.165, 1.54) is 27.1 Å². The highest BCUT2D eigenvalue weighted by Crippen LogP contribution is 2.89. The van der Waals surface area contributed by atoms with Gasteiger partial charge in [0, 0.05) is 11.8 Å². The highest BCUT2D eigenvalue weighted by Gasteiger charge is 3.00. The zero-order chi connectivity index (χ0) is 16.2. The first-order chi connectivity index (χ1) is 11.1. The molecule has 0 radical (unpaired) electrons. The van der Waals surface area contributed by atoms with Crippen molar-refractivity contribution in [1.29, 1.82) is 0 Å². The number of hydrogen-bond acceptors (Lipinski definition) is 5. The fourth-order valence-electron chi connectivity index (χ4n) is 5.66. The van der Waals surface area contributed by atoms with Crippen molar-refractivity contribution in [2.75, 3.05) is 14.2 Å². The van der Waals surface area contributed by atoms with E-state index in [1.54, 1.807) is 0 Å². The molecule has 2 heterocycles. The summed E-state index contributed by atoms with van der Waals surface area (Å²) in [5.41, 5.74) is -1.33. The Morgan fingerprint density at radius 1 is 1.13 bits per heavy atom. The Bertz CT molecular complexity index is 582. The molecule has 126 valence electrons. The molecule has 5 atom stereocenters. The number of carbonyl (C=O) groups excluding carboxylic acids is 2. The highest BCUT2D eigenvalue weighted by molar-refractivity contribution is 5.96. The van der Waals surface area contributed by atoms with Crippen LogP contribution in [0.5, 0.6) is 0 Å². The maximum absolute atomic E-state index is 12.6. The zero-order valence-corrected chi connectivity index (χ0v) is 13.8. The maximum Gasteiger partial charge on any atom is 0.317 e. The van der Waals surface area contributed by atoms with Crippen LogP contribution < -0.4 is 0 Å². The van der Waals surface area contributed by atoms with E-state index in [-0.39, 0.29) is 23.8 Å². The lowest BCUT2D eigenvalue weighted by Crippen LogP contribution is -2.53. The van der Waals surface area contributed by atoms with E-state index in [2.05, 4.69) is 6.08 Å². The van der Waals surface area contributed by atoms with Crippen molar-refractivity contribution in [2.45, 2.75) is 50.5 Å². The predicted molar refractivity (Wildman–Crippen MR) is 81.2 cm³/mol. The van der Waals surface area contributed by atoms with E-state index < -0.39 is 16.9 Å². The fourth-order valence-corrected chi connectivity index (χ4v) is 5.66. The molecule has 1 saturated heterocycles. The summed E-state index contributed by atoms with van der Waals surface area (Å²) in [6.45, 7) is 0. The number of methoxy groups -OCH3 is 2. The first-order valence-corrected chi connectivity index (χ1v) is 8.70. The van der Waals surface area contributed by atoms with Crippen LogP contribution in [0.2, 0.25) is 0 Å². The second kappa shape index (κ2) is 4.99. The van der Waals surface area contributed by atoms with E-state index in [0.29, 0.717) is 0 Å². The lowest BCUT2D eigenvalue weighted by Gasteiger charge is -2.42. The normalized spacial score (nSPS) is 46.0. The molecule has 2 saturated carbocycles. The van der Waals surface area contributed by atoms with Gasteiger partial charge in [-0.25, -0.2) is 0 Å². The first kappa shape index (κ1) is 15.0. The quantitative estimate of drug-likeness (QED) is 0.732. The van der Waals surface area contributed by atoms with Gasteiger partial charge in [-0.2, -0.15) is 0 Å². The summed E-state index contributed by atoms with van der Waals surface area (Å²) < 4.78 is 16.4. The van der Waals surface area contributed by atoms with Crippen LogP contribution in [0.1, 0.15) is 44.9 Å². The summed E-state index contributed by atoms with van der Waals surface area (Å²) in [6, 6.07) is 0. The topological polar surface area (TPSA) is 61.8 Å². The monoisotopic (exact) mass is 320 g/mol. The minimum absolute atomic E-state index is 0.000904. The molecule has 0 aromatic heterocycles. The third kappa shape index (κ3) is 1.58. The van der Waals surface area contributed by atoms with E-state index in [1.807, 2.05) is 0 Å². The number of carbonyl (C=O) groups is 2. The van der Waals surface area contributed by atoms with Crippen molar-refractivity contribution in [1.82, 2.24) is 0 Å². The summed E-state index contributed by atoms with van der Waals surface area (Å²) in [6.07, 6.45) is 9.73. The van der Waals surface area contributed by atoms with Crippen molar-refractivity contribution in [3.63, 3.8) is 0 Å². The smallest absolute Gasteiger partial charge is 0.317 e. The molecule has 2 aliphatic carbocycles. The number of esters is 2. The van der Waals surface area contributed by atoms with Crippen LogP contribution in [0.15, 0.2) is 11.8 Å². The molecule has 2 bridgehead atoms. The Morgan fingerprint density at radius 3 is 2.61 bits per heavy atom. The number of hydrogen-bond donors (Lipinski definition) is 0. The Morgan fingerprint density at radius 2 is 1.87 bits per heavy atom. The number of rotatable bonds is 2. The van der Waals surface area contributed by atoms with Gasteiger partial charge in [0.25, 0.3) is 0 Å². The third-order valence-corrected chi connectivity index (χ3v) is 6.52. The highest BCUT2D eigenvalue weighted by atomic mass is 16.6. The van der Waals surface area contributed by atoms with Gasteiger partial charge in [-0.1, -0.05) is 19.3 Å². The van der Waals surface area contributed by atoms with Crippen LogP contribution in [0.3, 0.4) is 0 Å². The van der Waals surface area contributed by atoms with Gasteiger partial charge in [0.15, 0.2) is 0 Å². The lowest BCUT2D eigenvalue weighted by molar-refractivity contribution is -0.179. The molecule has 23 heavy (non-hydrogen) atoms. The van der Waals surface area contributed by atoms with E-state index in [9.17, 15) is 9.59 Å². The van der Waals surface area contributed by atoms with Crippen molar-refractivity contribution in [2.24, 2.45) is 23.2 Å². The van der Waals surface area contributed by atoms with Gasteiger partial charge >= 0.3 is 11.9 Å². The Balaban J connectivity index is 1.74. The minimum Gasteiger partial charge on any atom is -0.490 e. The molecular weight excluding hydrogens is 296 g/mol. The third-order valence-electron chi connectivity index (χ3n) is 6.52. The van der Waals surface area contributed by atoms with Crippen LogP contribution >= 0.6 is 0 Å². The van der Waals surface area contributed by atoms with Gasteiger partial charge in [0.2, 0.25) is 0 Å². The molecule has 5 nitrogen and oxygen atoms in total. The molecule has 0 N–H and O–H groups in total. The average molecular weight is 320 g/mol. The molecule has 5 unspecified atom stereocenters. The zero-order valence-electron chi connectivity index (χ0n) is 13.8. The van der Waals surface area contributed by atoms with Crippen LogP contribution in [-0.2, 0) is 23.8 Å². The van der Waals surface area contributed by atoms with Crippen LogP contribution in [0.25, 0.3) is 0 Å². The SMILES string of the molecule is COC(=O)C1C2/C3=C/CCCCCCCC4(O3)C2C14C(=O)OC. The standard InChI is InChI=1S/C18H24O5/c1-21-15(19)13-12-11-9-7-5-3-4-6-8-10-17(23-11)14(12)18(13,17)16(20)22-2/h9,12-14H,3-8,10H2,1-2H3/b11-9-. The van der Waals surface area contributed by atoms with Crippen molar-refractivity contribution in [3.8, 4) is 0 Å². The predicted octanol–water partition coefficient (Wildman–Crippen LogP) is 2.59. The van der Waals surface area contributed by atoms with Gasteiger partial charge in [0.1, 0.15) is 11.0 Å². The average Bonchev–Trinajstić information content (AvgIpc) is 2.90. The second-order valence-corrected chi connectivity index (χ2v) is 7.27. The summed E-state index contributed by atoms with van der Waals surface area (Å²) >= 11 is 0. The van der Waals surface area contributed by atoms with Gasteiger partial charge in [-0.05, 0) is 31.8 Å². The van der Waals surface area contributed by atoms with E-state index in [0.717, 1.165) is 37.9 Å². The molecular formula is C18H24O5. The first-order valence-electron chi connectivity index (χ1n) is 8.70. The minimum atomic E-state index is -0.801. The molecule has 5 heteroatoms. The Kier molecular flexibility index (Phi) is 3.26. The van der Waals surface area contributed by atoms with Crippen LogP contribution in [-0.4, -0.2) is 31.8 Å². The van der Waals surface area contributed by atoms with Gasteiger partial charge in [0.05, 0.1) is 25.9 Å². The molecule has 2 aliphatic heterocycles. The Hall–Kier alpha value is -1.52. The second-order valence-electron chi connectivity index (χ2n) is 7.27. The maximum atomic E-state index is 12.6. The molecule has 4 aliphatic rings. The molecule has 0 aromatic carbocycles. The lowest BCUT2D eigenvalue weighted by atomic mass is 9.62.